The van der Waals surface area contributed by atoms with Crippen molar-refractivity contribution in [3.63, 3.8) is 0 Å². The fraction of sp³-hybridized carbons (Fsp3) is 0.263. The summed E-state index contributed by atoms with van der Waals surface area (Å²) in [6.07, 6.45) is 0. The molecule has 1 atom stereocenters. The second-order valence-corrected chi connectivity index (χ2v) is 8.08. The summed E-state index contributed by atoms with van der Waals surface area (Å²) in [6.45, 7) is 2.46. The Hall–Kier alpha value is -2.11. The number of para-hydroxylation sites is 1. The molecule has 0 saturated heterocycles. The second kappa shape index (κ2) is 6.79. The van der Waals surface area contributed by atoms with E-state index in [0.29, 0.717) is 11.4 Å². The monoisotopic (exact) mass is 343 g/mol. The Morgan fingerprint density at radius 3 is 2.42 bits per heavy atom. The van der Waals surface area contributed by atoms with Crippen molar-refractivity contribution in [1.29, 1.82) is 0 Å². The van der Waals surface area contributed by atoms with E-state index in [-0.39, 0.29) is 11.8 Å². The van der Waals surface area contributed by atoms with E-state index in [1.807, 2.05) is 55.3 Å². The van der Waals surface area contributed by atoms with E-state index in [4.69, 9.17) is 4.42 Å². The van der Waals surface area contributed by atoms with Crippen LogP contribution < -0.4 is 0 Å². The van der Waals surface area contributed by atoms with Crippen LogP contribution in [0.4, 0.5) is 0 Å². The van der Waals surface area contributed by atoms with Gasteiger partial charge < -0.3 is 4.42 Å². The van der Waals surface area contributed by atoms with Crippen molar-refractivity contribution in [2.75, 3.05) is 19.3 Å². The number of sulfone groups is 1. The summed E-state index contributed by atoms with van der Waals surface area (Å²) >= 11 is 0. The molecule has 1 aromatic heterocycles. The van der Waals surface area contributed by atoms with Crippen LogP contribution in [0.1, 0.15) is 18.7 Å². The largest absolute Gasteiger partial charge is 0.459 e. The molecule has 0 aliphatic rings. The van der Waals surface area contributed by atoms with Crippen LogP contribution in [0, 0.1) is 0 Å². The molecule has 4 nitrogen and oxygen atoms in total. The number of nitrogens with zero attached hydrogens (tertiary/aromatic N) is 1. The van der Waals surface area contributed by atoms with Gasteiger partial charge in [-0.2, -0.15) is 0 Å². The summed E-state index contributed by atoms with van der Waals surface area (Å²) in [5.41, 5.74) is 0.852. The van der Waals surface area contributed by atoms with Crippen molar-refractivity contribution in [3.8, 4) is 0 Å². The first kappa shape index (κ1) is 16.7. The normalized spacial score (nSPS) is 13.5. The van der Waals surface area contributed by atoms with Gasteiger partial charge in [0.05, 0.1) is 16.7 Å². The standard InChI is InChI=1S/C19H21NO3S/c1-15(19-14-16-8-6-7-11-18(16)23-19)20(2)12-13-24(21,22)17-9-4-3-5-10-17/h3-11,14-15H,12-13H2,1-2H3. The molecule has 24 heavy (non-hydrogen) atoms. The molecule has 0 radical (unpaired) electrons. The lowest BCUT2D eigenvalue weighted by Gasteiger charge is -2.22. The van der Waals surface area contributed by atoms with E-state index in [2.05, 4.69) is 0 Å². The minimum atomic E-state index is -3.27. The van der Waals surface area contributed by atoms with Crippen molar-refractivity contribution in [1.82, 2.24) is 4.90 Å². The average Bonchev–Trinajstić information content (AvgIpc) is 3.04. The van der Waals surface area contributed by atoms with Crippen LogP contribution in [0.2, 0.25) is 0 Å². The van der Waals surface area contributed by atoms with Gasteiger partial charge in [-0.05, 0) is 38.2 Å². The van der Waals surface area contributed by atoms with Gasteiger partial charge in [0.15, 0.2) is 9.84 Å². The highest BCUT2D eigenvalue weighted by Crippen LogP contribution is 2.26. The number of hydrogen-bond donors (Lipinski definition) is 0. The van der Waals surface area contributed by atoms with Crippen LogP contribution >= 0.6 is 0 Å². The second-order valence-electron chi connectivity index (χ2n) is 5.98. The predicted octanol–water partition coefficient (Wildman–Crippen LogP) is 3.90. The van der Waals surface area contributed by atoms with Crippen LogP contribution in [-0.4, -0.2) is 32.7 Å². The number of furan rings is 1. The maximum Gasteiger partial charge on any atom is 0.179 e. The molecule has 2 aromatic carbocycles. The van der Waals surface area contributed by atoms with Crippen LogP contribution in [0.5, 0.6) is 0 Å². The van der Waals surface area contributed by atoms with Crippen LogP contribution in [0.25, 0.3) is 11.0 Å². The molecule has 3 aromatic rings. The molecular weight excluding hydrogens is 322 g/mol. The summed E-state index contributed by atoms with van der Waals surface area (Å²) in [6, 6.07) is 18.5. The van der Waals surface area contributed by atoms with Gasteiger partial charge in [-0.3, -0.25) is 4.90 Å². The molecule has 0 bridgehead atoms. The van der Waals surface area contributed by atoms with Crippen LogP contribution in [0.15, 0.2) is 70.0 Å². The number of hydrogen-bond acceptors (Lipinski definition) is 4. The fourth-order valence-electron chi connectivity index (χ4n) is 2.63. The Morgan fingerprint density at radius 2 is 1.71 bits per heavy atom. The molecular formula is C19H21NO3S. The van der Waals surface area contributed by atoms with Crippen molar-refractivity contribution in [2.45, 2.75) is 17.9 Å². The zero-order valence-corrected chi connectivity index (χ0v) is 14.7. The third kappa shape index (κ3) is 3.52. The van der Waals surface area contributed by atoms with Crippen LogP contribution in [0.3, 0.4) is 0 Å². The average molecular weight is 343 g/mol. The molecule has 0 fully saturated rings. The molecule has 5 heteroatoms. The topological polar surface area (TPSA) is 50.5 Å². The van der Waals surface area contributed by atoms with Gasteiger partial charge in [-0.1, -0.05) is 36.4 Å². The highest BCUT2D eigenvalue weighted by molar-refractivity contribution is 7.91. The van der Waals surface area contributed by atoms with E-state index in [1.165, 1.54) is 0 Å². The lowest BCUT2D eigenvalue weighted by atomic mass is 10.2. The van der Waals surface area contributed by atoms with Crippen LogP contribution in [-0.2, 0) is 9.84 Å². The molecule has 0 spiro atoms. The third-order valence-corrected chi connectivity index (χ3v) is 6.04. The molecule has 3 rings (SSSR count). The van der Waals surface area contributed by atoms with E-state index in [1.54, 1.807) is 24.3 Å². The number of rotatable bonds is 6. The van der Waals surface area contributed by atoms with E-state index >= 15 is 0 Å². The van der Waals surface area contributed by atoms with Crippen molar-refractivity contribution in [3.05, 3.63) is 66.4 Å². The Morgan fingerprint density at radius 1 is 1.04 bits per heavy atom. The summed E-state index contributed by atoms with van der Waals surface area (Å²) < 4.78 is 30.6. The molecule has 0 amide bonds. The van der Waals surface area contributed by atoms with Gasteiger partial charge in [0, 0.05) is 11.9 Å². The summed E-state index contributed by atoms with van der Waals surface area (Å²) in [5, 5.41) is 1.06. The number of fused-ring (bicyclic) bond motifs is 1. The van der Waals surface area contributed by atoms with Gasteiger partial charge in [-0.15, -0.1) is 0 Å². The van der Waals surface area contributed by atoms with Crippen molar-refractivity contribution < 1.29 is 12.8 Å². The summed E-state index contributed by atoms with van der Waals surface area (Å²) in [4.78, 5) is 2.37. The Kier molecular flexibility index (Phi) is 4.73. The van der Waals surface area contributed by atoms with Gasteiger partial charge in [0.2, 0.25) is 0 Å². The smallest absolute Gasteiger partial charge is 0.179 e. The molecule has 0 aliphatic heterocycles. The molecule has 126 valence electrons. The molecule has 0 N–H and O–H groups in total. The number of benzene rings is 2. The fourth-order valence-corrected chi connectivity index (χ4v) is 3.96. The lowest BCUT2D eigenvalue weighted by molar-refractivity contribution is 0.246. The van der Waals surface area contributed by atoms with Crippen molar-refractivity contribution >= 4 is 20.8 Å². The molecule has 1 unspecified atom stereocenters. The quantitative estimate of drug-likeness (QED) is 0.681. The van der Waals surface area contributed by atoms with E-state index < -0.39 is 9.84 Å². The highest BCUT2D eigenvalue weighted by Gasteiger charge is 2.20. The van der Waals surface area contributed by atoms with Gasteiger partial charge in [-0.25, -0.2) is 8.42 Å². The Labute approximate surface area is 142 Å². The zero-order valence-electron chi connectivity index (χ0n) is 13.8. The first-order valence-electron chi connectivity index (χ1n) is 7.94. The summed E-state index contributed by atoms with van der Waals surface area (Å²) in [7, 11) is -1.35. The Bertz CT molecular complexity index is 883. The first-order chi connectivity index (χ1) is 11.5. The molecule has 1 heterocycles. The Balaban J connectivity index is 1.69. The predicted molar refractivity (Wildman–Crippen MR) is 95.8 cm³/mol. The SMILES string of the molecule is CC(c1cc2ccccc2o1)N(C)CCS(=O)(=O)c1ccccc1. The maximum atomic E-state index is 12.4. The first-order valence-corrected chi connectivity index (χ1v) is 9.59. The minimum Gasteiger partial charge on any atom is -0.459 e. The van der Waals surface area contributed by atoms with Gasteiger partial charge >= 0.3 is 0 Å². The minimum absolute atomic E-state index is 0.00312. The third-order valence-electron chi connectivity index (χ3n) is 4.33. The summed E-state index contributed by atoms with van der Waals surface area (Å²) in [5.74, 6) is 0.925. The van der Waals surface area contributed by atoms with Gasteiger partial charge in [0.25, 0.3) is 0 Å². The maximum absolute atomic E-state index is 12.4. The zero-order chi connectivity index (χ0) is 17.2. The van der Waals surface area contributed by atoms with Crippen molar-refractivity contribution in [2.24, 2.45) is 0 Å². The molecule has 0 aliphatic carbocycles. The van der Waals surface area contributed by atoms with E-state index in [9.17, 15) is 8.42 Å². The molecule has 0 saturated carbocycles. The highest BCUT2D eigenvalue weighted by atomic mass is 32.2. The lowest BCUT2D eigenvalue weighted by Crippen LogP contribution is -2.28. The van der Waals surface area contributed by atoms with Gasteiger partial charge in [0.1, 0.15) is 11.3 Å². The van der Waals surface area contributed by atoms with E-state index in [0.717, 1.165) is 16.7 Å².